The molecule has 0 aliphatic carbocycles. The predicted molar refractivity (Wildman–Crippen MR) is 76.2 cm³/mol. The molecule has 1 aromatic carbocycles. The van der Waals surface area contributed by atoms with Crippen LogP contribution in [0.5, 0.6) is 0 Å². The normalized spacial score (nSPS) is 29.3. The van der Waals surface area contributed by atoms with Crippen molar-refractivity contribution in [2.45, 2.75) is 37.8 Å². The first-order valence-electron chi connectivity index (χ1n) is 7.11. The molecule has 2 N–H and O–H groups in total. The Morgan fingerprint density at radius 3 is 3.00 bits per heavy atom. The summed E-state index contributed by atoms with van der Waals surface area (Å²) < 4.78 is 0. The average molecular weight is 259 g/mol. The Hall–Kier alpha value is -1.55. The molecule has 0 saturated carbocycles. The summed E-state index contributed by atoms with van der Waals surface area (Å²) in [7, 11) is 0. The SMILES string of the molecule is CCC12CCC(CNC1)N2C(=O)Nc1ccccc1. The van der Waals surface area contributed by atoms with Crippen molar-refractivity contribution in [1.29, 1.82) is 0 Å². The van der Waals surface area contributed by atoms with Crippen LogP contribution in [0.4, 0.5) is 10.5 Å². The Labute approximate surface area is 114 Å². The van der Waals surface area contributed by atoms with Gasteiger partial charge in [0.2, 0.25) is 0 Å². The van der Waals surface area contributed by atoms with Crippen LogP contribution in [0.2, 0.25) is 0 Å². The Morgan fingerprint density at radius 1 is 1.47 bits per heavy atom. The number of hydrogen-bond donors (Lipinski definition) is 2. The summed E-state index contributed by atoms with van der Waals surface area (Å²) in [5.41, 5.74) is 0.888. The van der Waals surface area contributed by atoms with Gasteiger partial charge in [-0.25, -0.2) is 4.79 Å². The average Bonchev–Trinajstić information content (AvgIpc) is 2.67. The quantitative estimate of drug-likeness (QED) is 0.856. The Morgan fingerprint density at radius 2 is 2.26 bits per heavy atom. The van der Waals surface area contributed by atoms with Crippen LogP contribution < -0.4 is 10.6 Å². The van der Waals surface area contributed by atoms with Crippen LogP contribution >= 0.6 is 0 Å². The third kappa shape index (κ3) is 2.10. The molecular weight excluding hydrogens is 238 g/mol. The lowest BCUT2D eigenvalue weighted by Gasteiger charge is -2.44. The van der Waals surface area contributed by atoms with Crippen molar-refractivity contribution >= 4 is 11.7 Å². The number of nitrogens with zero attached hydrogens (tertiary/aromatic N) is 1. The third-order valence-electron chi connectivity index (χ3n) is 4.56. The number of anilines is 1. The van der Waals surface area contributed by atoms with Crippen molar-refractivity contribution in [1.82, 2.24) is 10.2 Å². The van der Waals surface area contributed by atoms with E-state index in [9.17, 15) is 4.79 Å². The van der Waals surface area contributed by atoms with E-state index in [0.29, 0.717) is 6.04 Å². The third-order valence-corrected chi connectivity index (χ3v) is 4.56. The minimum atomic E-state index is 0.0157. The summed E-state index contributed by atoms with van der Waals surface area (Å²) >= 11 is 0. The first-order chi connectivity index (χ1) is 9.25. The zero-order valence-electron chi connectivity index (χ0n) is 11.4. The van der Waals surface area contributed by atoms with Gasteiger partial charge < -0.3 is 15.5 Å². The summed E-state index contributed by atoms with van der Waals surface area (Å²) in [6.07, 6.45) is 3.24. The number of urea groups is 1. The van der Waals surface area contributed by atoms with Crippen LogP contribution in [0, 0.1) is 0 Å². The maximum absolute atomic E-state index is 12.6. The van der Waals surface area contributed by atoms with Gasteiger partial charge in [0, 0.05) is 24.8 Å². The fourth-order valence-electron chi connectivity index (χ4n) is 3.47. The van der Waals surface area contributed by atoms with Gasteiger partial charge in [-0.05, 0) is 31.4 Å². The number of fused-ring (bicyclic) bond motifs is 2. The minimum absolute atomic E-state index is 0.0157. The van der Waals surface area contributed by atoms with Gasteiger partial charge in [-0.2, -0.15) is 0 Å². The Kier molecular flexibility index (Phi) is 3.19. The Balaban J connectivity index is 1.79. The van der Waals surface area contributed by atoms with Gasteiger partial charge in [-0.3, -0.25) is 0 Å². The molecule has 4 nitrogen and oxygen atoms in total. The molecule has 2 bridgehead atoms. The molecule has 2 fully saturated rings. The van der Waals surface area contributed by atoms with Gasteiger partial charge in [0.15, 0.2) is 0 Å². The van der Waals surface area contributed by atoms with E-state index in [4.69, 9.17) is 0 Å². The van der Waals surface area contributed by atoms with Crippen LogP contribution in [-0.2, 0) is 0 Å². The molecule has 1 aromatic rings. The molecule has 2 heterocycles. The zero-order chi connectivity index (χ0) is 13.3. The standard InChI is InChI=1S/C15H21N3O/c1-2-15-9-8-13(10-16-11-15)18(15)14(19)17-12-6-4-3-5-7-12/h3-7,13,16H,2,8-11H2,1H3,(H,17,19). The highest BCUT2D eigenvalue weighted by atomic mass is 16.2. The first kappa shape index (κ1) is 12.5. The number of piperazine rings is 1. The van der Waals surface area contributed by atoms with Gasteiger partial charge >= 0.3 is 6.03 Å². The number of benzene rings is 1. The van der Waals surface area contributed by atoms with Gasteiger partial charge in [-0.1, -0.05) is 25.1 Å². The van der Waals surface area contributed by atoms with Gasteiger partial charge in [-0.15, -0.1) is 0 Å². The molecule has 4 heteroatoms. The van der Waals surface area contributed by atoms with E-state index in [1.165, 1.54) is 0 Å². The maximum Gasteiger partial charge on any atom is 0.322 e. The van der Waals surface area contributed by atoms with Gasteiger partial charge in [0.25, 0.3) is 0 Å². The van der Waals surface area contributed by atoms with Crippen LogP contribution in [0.1, 0.15) is 26.2 Å². The Bertz CT molecular complexity index is 458. The molecule has 0 radical (unpaired) electrons. The second kappa shape index (κ2) is 4.85. The monoisotopic (exact) mass is 259 g/mol. The van der Waals surface area contributed by atoms with Crippen molar-refractivity contribution in [2.24, 2.45) is 0 Å². The fourth-order valence-corrected chi connectivity index (χ4v) is 3.47. The summed E-state index contributed by atoms with van der Waals surface area (Å²) in [6, 6.07) is 10.1. The topological polar surface area (TPSA) is 44.4 Å². The molecule has 2 saturated heterocycles. The number of para-hydroxylation sites is 1. The molecule has 2 amide bonds. The minimum Gasteiger partial charge on any atom is -0.313 e. The number of rotatable bonds is 2. The fraction of sp³-hybridized carbons (Fsp3) is 0.533. The molecule has 19 heavy (non-hydrogen) atoms. The highest BCUT2D eigenvalue weighted by molar-refractivity contribution is 5.90. The summed E-state index contributed by atoms with van der Waals surface area (Å²) in [5, 5.41) is 6.50. The predicted octanol–water partition coefficient (Wildman–Crippen LogP) is 2.43. The van der Waals surface area contributed by atoms with E-state index in [2.05, 4.69) is 22.5 Å². The van der Waals surface area contributed by atoms with E-state index in [1.807, 2.05) is 30.3 Å². The second-order valence-electron chi connectivity index (χ2n) is 5.57. The number of hydrogen-bond acceptors (Lipinski definition) is 2. The molecule has 0 aromatic heterocycles. The van der Waals surface area contributed by atoms with Crippen LogP contribution in [0.25, 0.3) is 0 Å². The van der Waals surface area contributed by atoms with Crippen LogP contribution in [0.3, 0.4) is 0 Å². The van der Waals surface area contributed by atoms with Crippen molar-refractivity contribution < 1.29 is 4.79 Å². The summed E-state index contributed by atoms with van der Waals surface area (Å²) in [5.74, 6) is 0. The van der Waals surface area contributed by atoms with E-state index < -0.39 is 0 Å². The molecule has 102 valence electrons. The van der Waals surface area contributed by atoms with Crippen LogP contribution in [-0.4, -0.2) is 35.6 Å². The van der Waals surface area contributed by atoms with Crippen LogP contribution in [0.15, 0.2) is 30.3 Å². The first-order valence-corrected chi connectivity index (χ1v) is 7.11. The lowest BCUT2D eigenvalue weighted by atomic mass is 9.92. The van der Waals surface area contributed by atoms with Crippen molar-refractivity contribution in [3.05, 3.63) is 30.3 Å². The van der Waals surface area contributed by atoms with Crippen molar-refractivity contribution in [3.8, 4) is 0 Å². The highest BCUT2D eigenvalue weighted by Crippen LogP contribution is 2.38. The highest BCUT2D eigenvalue weighted by Gasteiger charge is 2.49. The molecular formula is C15H21N3O. The van der Waals surface area contributed by atoms with E-state index >= 15 is 0 Å². The number of carbonyl (C=O) groups is 1. The smallest absolute Gasteiger partial charge is 0.313 e. The lowest BCUT2D eigenvalue weighted by Crippen LogP contribution is -2.62. The van der Waals surface area contributed by atoms with Gasteiger partial charge in [0.1, 0.15) is 0 Å². The van der Waals surface area contributed by atoms with Gasteiger partial charge in [0.05, 0.1) is 5.54 Å². The summed E-state index contributed by atoms with van der Waals surface area (Å²) in [6.45, 7) is 4.02. The lowest BCUT2D eigenvalue weighted by molar-refractivity contribution is 0.100. The van der Waals surface area contributed by atoms with Crippen molar-refractivity contribution in [3.63, 3.8) is 0 Å². The molecule has 3 rings (SSSR count). The molecule has 0 spiro atoms. The van der Waals surface area contributed by atoms with Crippen molar-refractivity contribution in [2.75, 3.05) is 18.4 Å². The molecule has 2 aliphatic heterocycles. The maximum atomic E-state index is 12.6. The molecule has 2 atom stereocenters. The summed E-state index contributed by atoms with van der Waals surface area (Å²) in [4.78, 5) is 14.7. The number of nitrogens with one attached hydrogen (secondary N) is 2. The second-order valence-corrected chi connectivity index (χ2v) is 5.57. The largest absolute Gasteiger partial charge is 0.322 e. The number of carbonyl (C=O) groups excluding carboxylic acids is 1. The molecule has 2 unspecified atom stereocenters. The molecule has 2 aliphatic rings. The zero-order valence-corrected chi connectivity index (χ0v) is 11.4. The number of amides is 2. The van der Waals surface area contributed by atoms with E-state index in [1.54, 1.807) is 0 Å². The van der Waals surface area contributed by atoms with E-state index in [0.717, 1.165) is 38.0 Å². The van der Waals surface area contributed by atoms with E-state index in [-0.39, 0.29) is 11.6 Å².